The van der Waals surface area contributed by atoms with E-state index in [4.69, 9.17) is 0 Å². The highest BCUT2D eigenvalue weighted by molar-refractivity contribution is 6.00. The summed E-state index contributed by atoms with van der Waals surface area (Å²) in [5.41, 5.74) is 18.5. The number of aromatic nitrogens is 1. The number of hydrogen-bond acceptors (Lipinski definition) is 2. The number of fused-ring (bicyclic) bond motifs is 1. The number of aryl methyl sites for hydroxylation is 4. The van der Waals surface area contributed by atoms with Gasteiger partial charge < -0.3 is 14.4 Å². The minimum atomic E-state index is 1.07. The van der Waals surface area contributed by atoms with E-state index in [1.54, 1.807) is 0 Å². The highest BCUT2D eigenvalue weighted by Gasteiger charge is 2.21. The summed E-state index contributed by atoms with van der Waals surface area (Å²) in [6.45, 7) is 8.57. The molecule has 3 nitrogen and oxygen atoms in total. The first-order chi connectivity index (χ1) is 27.9. The largest absolute Gasteiger partial charge is 0.316 e. The number of anilines is 6. The van der Waals surface area contributed by atoms with Gasteiger partial charge in [-0.05, 0) is 135 Å². The Hall–Kier alpha value is -7.10. The van der Waals surface area contributed by atoms with Crippen LogP contribution in [0, 0.1) is 27.7 Å². The average molecular weight is 736 g/mol. The minimum Gasteiger partial charge on any atom is -0.316 e. The number of nitrogens with zero attached hydrogens (tertiary/aromatic N) is 3. The SMILES string of the molecule is Cc1ccc(N(c2ccc(C)cc2)c2cc(-c3ccc4c(c3)c(-c3ccccc3)cn4-c3ccccc3)cc(N(c3ccc(C)cc3)c3ccc(C)cc3)c2)cc1. The third kappa shape index (κ3) is 7.24. The highest BCUT2D eigenvalue weighted by atomic mass is 15.2. The summed E-state index contributed by atoms with van der Waals surface area (Å²) >= 11 is 0. The molecule has 0 atom stereocenters. The molecule has 0 saturated carbocycles. The van der Waals surface area contributed by atoms with Crippen molar-refractivity contribution in [3.8, 4) is 27.9 Å². The minimum absolute atomic E-state index is 1.07. The van der Waals surface area contributed by atoms with Crippen LogP contribution in [-0.2, 0) is 0 Å². The van der Waals surface area contributed by atoms with Crippen molar-refractivity contribution in [1.82, 2.24) is 4.57 Å². The highest BCUT2D eigenvalue weighted by Crippen LogP contribution is 2.44. The first-order valence-corrected chi connectivity index (χ1v) is 19.7. The monoisotopic (exact) mass is 735 g/mol. The van der Waals surface area contributed by atoms with Crippen molar-refractivity contribution < 1.29 is 0 Å². The molecule has 0 aliphatic rings. The molecule has 0 saturated heterocycles. The van der Waals surface area contributed by atoms with Crippen LogP contribution in [0.4, 0.5) is 34.1 Å². The normalized spacial score (nSPS) is 11.2. The second kappa shape index (κ2) is 15.2. The van der Waals surface area contributed by atoms with Crippen molar-refractivity contribution in [2.45, 2.75) is 27.7 Å². The topological polar surface area (TPSA) is 11.4 Å². The quantitative estimate of drug-likeness (QED) is 0.146. The predicted octanol–water partition coefficient (Wildman–Crippen LogP) is 15.1. The van der Waals surface area contributed by atoms with Crippen molar-refractivity contribution in [3.63, 3.8) is 0 Å². The second-order valence-corrected chi connectivity index (χ2v) is 15.1. The molecule has 0 bridgehead atoms. The van der Waals surface area contributed by atoms with Crippen LogP contribution < -0.4 is 9.80 Å². The molecular formula is C54H45N3. The summed E-state index contributed by atoms with van der Waals surface area (Å²) in [4.78, 5) is 4.77. The molecule has 1 aromatic heterocycles. The summed E-state index contributed by atoms with van der Waals surface area (Å²) in [6, 6.07) is 70.7. The zero-order valence-corrected chi connectivity index (χ0v) is 32.9. The standard InChI is InChI=1S/C54H45N3/c1-38-15-24-46(25-16-38)56(47-26-17-39(2)18-27-47)50-33-44(34-51(36-50)57(48-28-19-40(3)20-29-48)49-30-21-41(4)22-31-49)43-23-32-54-52(35-43)53(42-11-7-5-8-12-42)37-55(54)45-13-9-6-10-14-45/h5-37H,1-4H3. The Bertz CT molecular complexity index is 2580. The molecule has 3 heteroatoms. The van der Waals surface area contributed by atoms with Gasteiger partial charge in [0.2, 0.25) is 0 Å². The van der Waals surface area contributed by atoms with Gasteiger partial charge in [0, 0.05) is 57.0 Å². The Morgan fingerprint density at radius 1 is 0.333 bits per heavy atom. The second-order valence-electron chi connectivity index (χ2n) is 15.1. The molecule has 0 unspecified atom stereocenters. The molecule has 0 spiro atoms. The molecule has 0 N–H and O–H groups in total. The lowest BCUT2D eigenvalue weighted by Gasteiger charge is -2.30. The van der Waals surface area contributed by atoms with Crippen molar-refractivity contribution in [3.05, 3.63) is 223 Å². The maximum absolute atomic E-state index is 2.38. The van der Waals surface area contributed by atoms with Crippen LogP contribution in [0.2, 0.25) is 0 Å². The molecule has 57 heavy (non-hydrogen) atoms. The van der Waals surface area contributed by atoms with Gasteiger partial charge >= 0.3 is 0 Å². The van der Waals surface area contributed by atoms with Gasteiger partial charge in [0.15, 0.2) is 0 Å². The van der Waals surface area contributed by atoms with Crippen LogP contribution in [0.25, 0.3) is 38.8 Å². The molecule has 9 aromatic rings. The van der Waals surface area contributed by atoms with E-state index >= 15 is 0 Å². The van der Waals surface area contributed by atoms with E-state index in [0.29, 0.717) is 0 Å². The Morgan fingerprint density at radius 2 is 0.754 bits per heavy atom. The first-order valence-electron chi connectivity index (χ1n) is 19.7. The van der Waals surface area contributed by atoms with Gasteiger partial charge in [-0.2, -0.15) is 0 Å². The van der Waals surface area contributed by atoms with Gasteiger partial charge in [-0.25, -0.2) is 0 Å². The zero-order chi connectivity index (χ0) is 38.9. The molecule has 0 fully saturated rings. The third-order valence-electron chi connectivity index (χ3n) is 10.8. The molecule has 0 radical (unpaired) electrons. The average Bonchev–Trinajstić information content (AvgIpc) is 3.63. The van der Waals surface area contributed by atoms with Crippen molar-refractivity contribution in [2.75, 3.05) is 9.80 Å². The van der Waals surface area contributed by atoms with E-state index in [1.165, 1.54) is 44.3 Å². The lowest BCUT2D eigenvalue weighted by Crippen LogP contribution is -2.13. The van der Waals surface area contributed by atoms with E-state index in [-0.39, 0.29) is 0 Å². The van der Waals surface area contributed by atoms with Gasteiger partial charge in [-0.3, -0.25) is 0 Å². The van der Waals surface area contributed by atoms with E-state index in [0.717, 1.165) is 50.9 Å². The number of hydrogen-bond donors (Lipinski definition) is 0. The van der Waals surface area contributed by atoms with Gasteiger partial charge in [-0.15, -0.1) is 0 Å². The molecule has 0 aliphatic heterocycles. The fourth-order valence-electron chi connectivity index (χ4n) is 7.75. The Labute approximate surface area is 336 Å². The molecule has 0 amide bonds. The summed E-state index contributed by atoms with van der Waals surface area (Å²) in [7, 11) is 0. The van der Waals surface area contributed by atoms with Crippen molar-refractivity contribution >= 4 is 45.0 Å². The van der Waals surface area contributed by atoms with E-state index in [2.05, 4.69) is 242 Å². The van der Waals surface area contributed by atoms with E-state index in [1.807, 2.05) is 0 Å². The van der Waals surface area contributed by atoms with Crippen LogP contribution in [0.1, 0.15) is 22.3 Å². The number of rotatable bonds is 9. The first kappa shape index (κ1) is 35.6. The molecule has 8 aromatic carbocycles. The van der Waals surface area contributed by atoms with Gasteiger partial charge in [-0.1, -0.05) is 125 Å². The van der Waals surface area contributed by atoms with Gasteiger partial charge in [0.1, 0.15) is 0 Å². The fraction of sp³-hybridized carbons (Fsp3) is 0.0741. The number of benzene rings is 8. The molecule has 9 rings (SSSR count). The van der Waals surface area contributed by atoms with Crippen LogP contribution in [0.5, 0.6) is 0 Å². The third-order valence-corrected chi connectivity index (χ3v) is 10.8. The summed E-state index contributed by atoms with van der Waals surface area (Å²) < 4.78 is 2.32. The van der Waals surface area contributed by atoms with Gasteiger partial charge in [0.25, 0.3) is 0 Å². The Kier molecular flexibility index (Phi) is 9.49. The summed E-state index contributed by atoms with van der Waals surface area (Å²) in [5.74, 6) is 0. The predicted molar refractivity (Wildman–Crippen MR) is 242 cm³/mol. The van der Waals surface area contributed by atoms with E-state index in [9.17, 15) is 0 Å². The maximum Gasteiger partial charge on any atom is 0.0535 e. The van der Waals surface area contributed by atoms with Crippen molar-refractivity contribution in [1.29, 1.82) is 0 Å². The van der Waals surface area contributed by atoms with E-state index < -0.39 is 0 Å². The van der Waals surface area contributed by atoms with Crippen molar-refractivity contribution in [2.24, 2.45) is 0 Å². The molecule has 0 aliphatic carbocycles. The molecule has 1 heterocycles. The zero-order valence-electron chi connectivity index (χ0n) is 32.9. The number of para-hydroxylation sites is 1. The van der Waals surface area contributed by atoms with Crippen LogP contribution in [0.15, 0.2) is 200 Å². The van der Waals surface area contributed by atoms with Crippen LogP contribution >= 0.6 is 0 Å². The maximum atomic E-state index is 2.38. The summed E-state index contributed by atoms with van der Waals surface area (Å²) in [5, 5.41) is 1.21. The lowest BCUT2D eigenvalue weighted by molar-refractivity contribution is 1.13. The fourth-order valence-corrected chi connectivity index (χ4v) is 7.75. The van der Waals surface area contributed by atoms with Crippen LogP contribution in [-0.4, -0.2) is 4.57 Å². The van der Waals surface area contributed by atoms with Crippen LogP contribution in [0.3, 0.4) is 0 Å². The Morgan fingerprint density at radius 3 is 1.19 bits per heavy atom. The smallest absolute Gasteiger partial charge is 0.0535 e. The molecular weight excluding hydrogens is 691 g/mol. The summed E-state index contributed by atoms with van der Waals surface area (Å²) in [6.07, 6.45) is 2.29. The molecule has 276 valence electrons. The Balaban J connectivity index is 1.31. The van der Waals surface area contributed by atoms with Gasteiger partial charge in [0.05, 0.1) is 5.52 Å². The lowest BCUT2D eigenvalue weighted by atomic mass is 9.98.